The highest BCUT2D eigenvalue weighted by atomic mass is 19.4. The summed E-state index contributed by atoms with van der Waals surface area (Å²) < 4.78 is 43.2. The number of piperazine rings is 1. The molecule has 0 aliphatic carbocycles. The molecule has 2 heterocycles. The summed E-state index contributed by atoms with van der Waals surface area (Å²) in [5.74, 6) is 6.14. The molecule has 0 amide bonds. The normalized spacial score (nSPS) is 14.3. The third kappa shape index (κ3) is 7.05. The smallest absolute Gasteiger partial charge is 0.356 e. The van der Waals surface area contributed by atoms with E-state index >= 15 is 0 Å². The number of anilines is 1. The lowest BCUT2D eigenvalue weighted by atomic mass is 10.0. The van der Waals surface area contributed by atoms with Gasteiger partial charge in [0.2, 0.25) is 0 Å². The molecule has 1 saturated heterocycles. The fourth-order valence-corrected chi connectivity index (χ4v) is 4.37. The zero-order valence-corrected chi connectivity index (χ0v) is 22.8. The molecule has 40 heavy (non-hydrogen) atoms. The van der Waals surface area contributed by atoms with Crippen LogP contribution in [0.3, 0.4) is 0 Å². The second-order valence-corrected chi connectivity index (χ2v) is 9.93. The molecule has 1 fully saturated rings. The number of aryl methyl sites for hydroxylation is 1. The van der Waals surface area contributed by atoms with Crippen molar-refractivity contribution in [3.63, 3.8) is 0 Å². The topological polar surface area (TPSA) is 84.0 Å². The summed E-state index contributed by atoms with van der Waals surface area (Å²) in [6.45, 7) is 10.9. The van der Waals surface area contributed by atoms with Crippen LogP contribution in [0.4, 0.5) is 18.9 Å². The predicted octanol–water partition coefficient (Wildman–Crippen LogP) is 4.77. The summed E-state index contributed by atoms with van der Waals surface area (Å²) in [4.78, 5) is 4.22. The number of nitrogens with one attached hydrogen (secondary N) is 3. The number of aromatic nitrogens is 2. The van der Waals surface area contributed by atoms with Crippen LogP contribution in [0.15, 0.2) is 55.1 Å². The van der Waals surface area contributed by atoms with Gasteiger partial charge in [0, 0.05) is 49.7 Å². The van der Waals surface area contributed by atoms with Gasteiger partial charge in [-0.05, 0) is 73.8 Å². The minimum Gasteiger partial charge on any atom is -0.356 e. The highest BCUT2D eigenvalue weighted by Crippen LogP contribution is 2.35. The molecule has 0 atom stereocenters. The van der Waals surface area contributed by atoms with Gasteiger partial charge in [-0.15, -0.1) is 0 Å². The van der Waals surface area contributed by atoms with Gasteiger partial charge in [0.05, 0.1) is 5.56 Å². The third-order valence-electron chi connectivity index (χ3n) is 6.76. The van der Waals surface area contributed by atoms with Gasteiger partial charge in [-0.2, -0.15) is 18.3 Å². The molecule has 0 radical (unpaired) electrons. The van der Waals surface area contributed by atoms with Gasteiger partial charge >= 0.3 is 6.18 Å². The zero-order valence-electron chi connectivity index (χ0n) is 22.8. The van der Waals surface area contributed by atoms with E-state index in [-0.39, 0.29) is 23.4 Å². The lowest BCUT2D eigenvalue weighted by molar-refractivity contribution is -0.138. The fourth-order valence-electron chi connectivity index (χ4n) is 4.37. The Morgan fingerprint density at radius 2 is 1.77 bits per heavy atom. The second-order valence-electron chi connectivity index (χ2n) is 9.93. The number of nitrogens with zero attached hydrogens (tertiary/aromatic N) is 4. The summed E-state index contributed by atoms with van der Waals surface area (Å²) in [6, 6.07) is 13.0. The van der Waals surface area contributed by atoms with Crippen LogP contribution in [-0.2, 0) is 12.7 Å². The monoisotopic (exact) mass is 547 g/mol. The van der Waals surface area contributed by atoms with Gasteiger partial charge in [0.15, 0.2) is 0 Å². The first-order chi connectivity index (χ1) is 18.9. The van der Waals surface area contributed by atoms with E-state index in [1.54, 1.807) is 18.2 Å². The lowest BCUT2D eigenvalue weighted by Crippen LogP contribution is -2.44. The molecule has 1 aliphatic rings. The Hall–Kier alpha value is -4.20. The maximum Gasteiger partial charge on any atom is 0.416 e. The van der Waals surface area contributed by atoms with E-state index in [1.807, 2.05) is 37.1 Å². The van der Waals surface area contributed by atoms with Crippen LogP contribution in [0.5, 0.6) is 0 Å². The van der Waals surface area contributed by atoms with Crippen molar-refractivity contribution in [2.75, 3.05) is 38.5 Å². The summed E-state index contributed by atoms with van der Waals surface area (Å²) in [5.41, 5.74) is 3.13. The number of alkyl halides is 3. The molecular formula is C30H32F3N7. The summed E-state index contributed by atoms with van der Waals surface area (Å²) in [7, 11) is 2.01. The quantitative estimate of drug-likeness (QED) is 0.244. The Bertz CT molecular complexity index is 1550. The van der Waals surface area contributed by atoms with Crippen LogP contribution in [0, 0.1) is 29.6 Å². The van der Waals surface area contributed by atoms with E-state index < -0.39 is 11.7 Å². The number of likely N-dealkylation sites (N-methyl/N-ethyl adjacent to an activating group) is 1. The molecule has 3 aromatic rings. The number of hydrogen-bond donors (Lipinski definition) is 3. The highest BCUT2D eigenvalue weighted by Gasteiger charge is 2.34. The largest absolute Gasteiger partial charge is 0.416 e. The van der Waals surface area contributed by atoms with Crippen LogP contribution < -0.4 is 10.8 Å². The molecular weight excluding hydrogens is 515 g/mol. The molecule has 1 aliphatic heterocycles. The summed E-state index contributed by atoms with van der Waals surface area (Å²) in [6.07, 6.45) is -4.48. The van der Waals surface area contributed by atoms with Crippen molar-refractivity contribution in [1.82, 2.24) is 19.6 Å². The Kier molecular flexibility index (Phi) is 8.57. The summed E-state index contributed by atoms with van der Waals surface area (Å²) >= 11 is 0. The predicted molar refractivity (Wildman–Crippen MR) is 151 cm³/mol. The van der Waals surface area contributed by atoms with E-state index in [0.717, 1.165) is 37.8 Å². The van der Waals surface area contributed by atoms with Crippen LogP contribution in [0.1, 0.15) is 40.4 Å². The van der Waals surface area contributed by atoms with Crippen molar-refractivity contribution in [2.45, 2.75) is 26.6 Å². The summed E-state index contributed by atoms with van der Waals surface area (Å²) in [5, 5.41) is 22.8. The maximum absolute atomic E-state index is 14.0. The molecule has 208 valence electrons. The van der Waals surface area contributed by atoms with Crippen molar-refractivity contribution in [3.05, 3.63) is 94.1 Å². The fraction of sp³-hybridized carbons (Fsp3) is 0.300. The minimum absolute atomic E-state index is 0.0830. The molecule has 7 nitrogen and oxygen atoms in total. The first-order valence-electron chi connectivity index (χ1n) is 12.8. The number of halogens is 3. The van der Waals surface area contributed by atoms with Crippen LogP contribution in [-0.4, -0.2) is 58.6 Å². The Labute approximate surface area is 232 Å². The second kappa shape index (κ2) is 11.9. The standard InChI is InChI=1S/C30H32F3N7/c1-20-5-6-24(17-23(20)7-9-26-11-12-29(35)40(37-26)22(3)34)21(2)36-27-10-8-25(28(18-27)30(31,32)33)19-39-15-13-38(4)14-16-39/h5-6,8,10-12,17-18,34-36H,2,13-16,19H2,1,3-4H3. The van der Waals surface area contributed by atoms with Crippen molar-refractivity contribution in [3.8, 4) is 11.8 Å². The van der Waals surface area contributed by atoms with E-state index in [2.05, 4.69) is 33.7 Å². The Morgan fingerprint density at radius 3 is 2.45 bits per heavy atom. The van der Waals surface area contributed by atoms with Crippen LogP contribution in [0.2, 0.25) is 0 Å². The van der Waals surface area contributed by atoms with E-state index in [9.17, 15) is 13.2 Å². The number of benzene rings is 2. The van der Waals surface area contributed by atoms with Gasteiger partial charge in [-0.25, -0.2) is 4.68 Å². The van der Waals surface area contributed by atoms with Crippen LogP contribution >= 0.6 is 0 Å². The van der Waals surface area contributed by atoms with Crippen molar-refractivity contribution in [2.24, 2.45) is 0 Å². The SMILES string of the molecule is C=C(Nc1ccc(CN2CCN(C)CC2)c(C(F)(F)F)c1)c1ccc(C)c(C#Cc2ccc(=N)n(C(C)=N)n2)c1. The average molecular weight is 548 g/mol. The third-order valence-corrected chi connectivity index (χ3v) is 6.76. The van der Waals surface area contributed by atoms with Crippen LogP contribution in [0.25, 0.3) is 5.70 Å². The first-order valence-corrected chi connectivity index (χ1v) is 12.8. The van der Waals surface area contributed by atoms with Gasteiger partial charge < -0.3 is 10.2 Å². The molecule has 0 bridgehead atoms. The minimum atomic E-state index is -4.48. The highest BCUT2D eigenvalue weighted by molar-refractivity contribution is 5.78. The molecule has 0 saturated carbocycles. The molecule has 1 aromatic heterocycles. The van der Waals surface area contributed by atoms with Gasteiger partial charge in [0.25, 0.3) is 0 Å². The molecule has 0 unspecified atom stereocenters. The average Bonchev–Trinajstić information content (AvgIpc) is 2.90. The lowest BCUT2D eigenvalue weighted by Gasteiger charge is -2.33. The number of rotatable bonds is 5. The Balaban J connectivity index is 1.54. The molecule has 0 spiro atoms. The van der Waals surface area contributed by atoms with Crippen molar-refractivity contribution < 1.29 is 13.2 Å². The van der Waals surface area contributed by atoms with E-state index in [0.29, 0.717) is 28.2 Å². The van der Waals surface area contributed by atoms with Gasteiger partial charge in [0.1, 0.15) is 17.0 Å². The van der Waals surface area contributed by atoms with Crippen molar-refractivity contribution in [1.29, 1.82) is 10.8 Å². The van der Waals surface area contributed by atoms with E-state index in [4.69, 9.17) is 10.8 Å². The van der Waals surface area contributed by atoms with E-state index in [1.165, 1.54) is 17.7 Å². The molecule has 3 N–H and O–H groups in total. The zero-order chi connectivity index (χ0) is 29.0. The van der Waals surface area contributed by atoms with Gasteiger partial charge in [-0.3, -0.25) is 15.7 Å². The first kappa shape index (κ1) is 28.8. The molecule has 4 rings (SSSR count). The van der Waals surface area contributed by atoms with Crippen molar-refractivity contribution >= 4 is 17.2 Å². The van der Waals surface area contributed by atoms with Gasteiger partial charge in [-0.1, -0.05) is 30.7 Å². The molecule has 2 aromatic carbocycles. The Morgan fingerprint density at radius 1 is 1.05 bits per heavy atom. The maximum atomic E-state index is 14.0. The number of hydrogen-bond acceptors (Lipinski definition) is 6. The molecule has 10 heteroatoms.